The molecule has 0 amide bonds. The van der Waals surface area contributed by atoms with Crippen LogP contribution in [0.15, 0.2) is 24.3 Å². The first-order valence-electron chi connectivity index (χ1n) is 4.78. The first-order valence-corrected chi connectivity index (χ1v) is 5.97. The number of hydrogen-bond donors (Lipinski definition) is 1. The van der Waals surface area contributed by atoms with E-state index in [9.17, 15) is 9.18 Å². The Hall–Kier alpha value is -1.39. The molecule has 2 rings (SSSR count). The van der Waals surface area contributed by atoms with Gasteiger partial charge >= 0.3 is 5.97 Å². The Balaban J connectivity index is 2.56. The number of aromatic carboxylic acids is 1. The van der Waals surface area contributed by atoms with Crippen molar-refractivity contribution < 1.29 is 14.3 Å². The summed E-state index contributed by atoms with van der Waals surface area (Å²) in [6.45, 7) is 1.80. The first-order chi connectivity index (χ1) is 7.99. The number of benzene rings is 1. The molecule has 0 saturated carbocycles. The number of rotatable bonds is 2. The maximum atomic E-state index is 12.9. The molecule has 0 bridgehead atoms. The lowest BCUT2D eigenvalue weighted by atomic mass is 10.1. The van der Waals surface area contributed by atoms with E-state index in [1.54, 1.807) is 19.1 Å². The molecule has 1 heterocycles. The molecule has 1 aromatic carbocycles. The fourth-order valence-corrected chi connectivity index (χ4v) is 2.90. The molecule has 2 nitrogen and oxygen atoms in total. The van der Waals surface area contributed by atoms with Crippen LogP contribution >= 0.6 is 22.9 Å². The maximum Gasteiger partial charge on any atom is 0.345 e. The number of carboxylic acids is 1. The third-order valence-electron chi connectivity index (χ3n) is 2.30. The van der Waals surface area contributed by atoms with Gasteiger partial charge in [-0.15, -0.1) is 11.3 Å². The molecule has 0 fully saturated rings. The molecule has 0 radical (unpaired) electrons. The minimum absolute atomic E-state index is 0.248. The average Bonchev–Trinajstić information content (AvgIpc) is 2.61. The smallest absolute Gasteiger partial charge is 0.345 e. The van der Waals surface area contributed by atoms with E-state index < -0.39 is 11.8 Å². The summed E-state index contributed by atoms with van der Waals surface area (Å²) in [7, 11) is 0. The van der Waals surface area contributed by atoms with Crippen LogP contribution in [0.4, 0.5) is 4.39 Å². The topological polar surface area (TPSA) is 37.3 Å². The molecule has 1 N–H and O–H groups in total. The van der Waals surface area contributed by atoms with Crippen LogP contribution < -0.4 is 0 Å². The van der Waals surface area contributed by atoms with Crippen LogP contribution in [0.2, 0.25) is 5.02 Å². The Morgan fingerprint density at radius 2 is 2.12 bits per heavy atom. The Labute approximate surface area is 106 Å². The molecule has 0 spiro atoms. The van der Waals surface area contributed by atoms with Crippen LogP contribution in [0.1, 0.15) is 15.2 Å². The number of carboxylic acid groups (broad SMARTS) is 1. The van der Waals surface area contributed by atoms with Crippen molar-refractivity contribution >= 4 is 28.9 Å². The molecule has 0 aliphatic heterocycles. The van der Waals surface area contributed by atoms with Gasteiger partial charge in [0, 0.05) is 10.4 Å². The predicted octanol–water partition coefficient (Wildman–Crippen LogP) is 4.21. The van der Waals surface area contributed by atoms with E-state index in [0.717, 1.165) is 21.8 Å². The highest BCUT2D eigenvalue weighted by Crippen LogP contribution is 2.36. The number of hydrogen-bond acceptors (Lipinski definition) is 2. The van der Waals surface area contributed by atoms with E-state index in [0.29, 0.717) is 5.56 Å². The summed E-state index contributed by atoms with van der Waals surface area (Å²) >= 11 is 7.08. The molecule has 5 heteroatoms. The standard InChI is InChI=1S/C12H8ClFO2S/c1-6-4-10(12(15)16)17-11(6)8-3-2-7(14)5-9(8)13/h2-5H,1H3,(H,15,16). The normalized spacial score (nSPS) is 10.5. The van der Waals surface area contributed by atoms with Crippen molar-refractivity contribution in [2.75, 3.05) is 0 Å². The quantitative estimate of drug-likeness (QED) is 0.887. The zero-order valence-corrected chi connectivity index (χ0v) is 10.4. The second-order valence-corrected chi connectivity index (χ2v) is 5.01. The van der Waals surface area contributed by atoms with Crippen LogP contribution in [-0.4, -0.2) is 11.1 Å². The van der Waals surface area contributed by atoms with E-state index in [4.69, 9.17) is 16.7 Å². The summed E-state index contributed by atoms with van der Waals surface area (Å²) in [5.41, 5.74) is 1.48. The third kappa shape index (κ3) is 2.33. The summed E-state index contributed by atoms with van der Waals surface area (Å²) in [6, 6.07) is 5.67. The van der Waals surface area contributed by atoms with E-state index in [1.807, 2.05) is 0 Å². The van der Waals surface area contributed by atoms with Gasteiger partial charge in [-0.25, -0.2) is 9.18 Å². The van der Waals surface area contributed by atoms with Gasteiger partial charge in [0.15, 0.2) is 0 Å². The summed E-state index contributed by atoms with van der Waals surface area (Å²) in [4.78, 5) is 11.9. The Kier molecular flexibility index (Phi) is 3.17. The fourth-order valence-electron chi connectivity index (χ4n) is 1.53. The minimum atomic E-state index is -0.970. The molecular weight excluding hydrogens is 263 g/mol. The van der Waals surface area contributed by atoms with Gasteiger partial charge in [0.25, 0.3) is 0 Å². The lowest BCUT2D eigenvalue weighted by molar-refractivity contribution is 0.0702. The largest absolute Gasteiger partial charge is 0.477 e. The van der Waals surface area contributed by atoms with Crippen molar-refractivity contribution in [3.05, 3.63) is 45.5 Å². The fraction of sp³-hybridized carbons (Fsp3) is 0.0833. The highest BCUT2D eigenvalue weighted by molar-refractivity contribution is 7.17. The average molecular weight is 271 g/mol. The maximum absolute atomic E-state index is 12.9. The lowest BCUT2D eigenvalue weighted by Crippen LogP contribution is -1.89. The van der Waals surface area contributed by atoms with E-state index >= 15 is 0 Å². The SMILES string of the molecule is Cc1cc(C(=O)O)sc1-c1ccc(F)cc1Cl. The van der Waals surface area contributed by atoms with Crippen LogP contribution in [0, 0.1) is 12.7 Å². The summed E-state index contributed by atoms with van der Waals surface area (Å²) in [6.07, 6.45) is 0. The van der Waals surface area contributed by atoms with Crippen LogP contribution in [-0.2, 0) is 0 Å². The predicted molar refractivity (Wildman–Crippen MR) is 66.4 cm³/mol. The zero-order chi connectivity index (χ0) is 12.6. The number of halogens is 2. The van der Waals surface area contributed by atoms with Crippen LogP contribution in [0.5, 0.6) is 0 Å². The van der Waals surface area contributed by atoms with E-state index in [-0.39, 0.29) is 9.90 Å². The van der Waals surface area contributed by atoms with Crippen molar-refractivity contribution in [3.8, 4) is 10.4 Å². The molecule has 0 unspecified atom stereocenters. The Bertz CT molecular complexity index is 592. The van der Waals surface area contributed by atoms with Crippen molar-refractivity contribution in [2.45, 2.75) is 6.92 Å². The summed E-state index contributed by atoms with van der Waals surface area (Å²) in [5.74, 6) is -1.38. The van der Waals surface area contributed by atoms with Crippen molar-refractivity contribution in [2.24, 2.45) is 0 Å². The van der Waals surface area contributed by atoms with Crippen LogP contribution in [0.3, 0.4) is 0 Å². The van der Waals surface area contributed by atoms with Gasteiger partial charge in [-0.05, 0) is 36.8 Å². The first kappa shape index (κ1) is 12.1. The van der Waals surface area contributed by atoms with Gasteiger partial charge in [0.05, 0.1) is 5.02 Å². The van der Waals surface area contributed by atoms with Gasteiger partial charge in [-0.1, -0.05) is 11.6 Å². The number of carbonyl (C=O) groups is 1. The minimum Gasteiger partial charge on any atom is -0.477 e. The second-order valence-electron chi connectivity index (χ2n) is 3.55. The van der Waals surface area contributed by atoms with Crippen molar-refractivity contribution in [3.63, 3.8) is 0 Å². The molecule has 0 atom stereocenters. The molecule has 88 valence electrons. The van der Waals surface area contributed by atoms with Crippen LogP contribution in [0.25, 0.3) is 10.4 Å². The van der Waals surface area contributed by atoms with Crippen molar-refractivity contribution in [1.82, 2.24) is 0 Å². The van der Waals surface area contributed by atoms with Gasteiger partial charge in [0.2, 0.25) is 0 Å². The second kappa shape index (κ2) is 4.47. The molecule has 0 saturated heterocycles. The summed E-state index contributed by atoms with van der Waals surface area (Å²) in [5, 5.41) is 9.18. The number of aryl methyl sites for hydroxylation is 1. The molecule has 2 aromatic rings. The highest BCUT2D eigenvalue weighted by atomic mass is 35.5. The summed E-state index contributed by atoms with van der Waals surface area (Å²) < 4.78 is 12.9. The van der Waals surface area contributed by atoms with E-state index in [2.05, 4.69) is 0 Å². The third-order valence-corrected chi connectivity index (χ3v) is 3.88. The van der Waals surface area contributed by atoms with Gasteiger partial charge < -0.3 is 5.11 Å². The Morgan fingerprint density at radius 3 is 2.65 bits per heavy atom. The lowest BCUT2D eigenvalue weighted by Gasteiger charge is -2.02. The molecular formula is C12H8ClFO2S. The van der Waals surface area contributed by atoms with Gasteiger partial charge in [0.1, 0.15) is 10.7 Å². The van der Waals surface area contributed by atoms with Gasteiger partial charge in [-0.2, -0.15) is 0 Å². The monoisotopic (exact) mass is 270 g/mol. The molecule has 17 heavy (non-hydrogen) atoms. The van der Waals surface area contributed by atoms with E-state index in [1.165, 1.54) is 12.1 Å². The van der Waals surface area contributed by atoms with Crippen molar-refractivity contribution in [1.29, 1.82) is 0 Å². The van der Waals surface area contributed by atoms with Gasteiger partial charge in [-0.3, -0.25) is 0 Å². The molecule has 0 aliphatic carbocycles. The Morgan fingerprint density at radius 1 is 1.41 bits per heavy atom. The number of thiophene rings is 1. The zero-order valence-electron chi connectivity index (χ0n) is 8.83. The molecule has 1 aromatic heterocycles. The highest BCUT2D eigenvalue weighted by Gasteiger charge is 2.14. The molecule has 0 aliphatic rings.